The van der Waals surface area contributed by atoms with Crippen LogP contribution in [-0.2, 0) is 11.3 Å². The van der Waals surface area contributed by atoms with Crippen molar-refractivity contribution in [3.8, 4) is 5.75 Å². The highest BCUT2D eigenvalue weighted by Gasteiger charge is 2.12. The highest BCUT2D eigenvalue weighted by molar-refractivity contribution is 6.18. The van der Waals surface area contributed by atoms with E-state index < -0.39 is 17.5 Å². The summed E-state index contributed by atoms with van der Waals surface area (Å²) in [4.78, 5) is 20.7. The molecule has 11 heteroatoms. The Balaban J connectivity index is 1.44. The zero-order valence-electron chi connectivity index (χ0n) is 16.6. The molecule has 164 valence electrons. The van der Waals surface area contributed by atoms with Gasteiger partial charge in [-0.15, -0.1) is 11.6 Å². The van der Waals surface area contributed by atoms with Crippen LogP contribution < -0.4 is 15.4 Å². The molecule has 1 amide bonds. The lowest BCUT2D eigenvalue weighted by Crippen LogP contribution is -2.19. The van der Waals surface area contributed by atoms with Crippen molar-refractivity contribution >= 4 is 45.6 Å². The topological polar surface area (TPSA) is 94.0 Å². The number of anilines is 3. The third-order valence-corrected chi connectivity index (χ3v) is 4.54. The van der Waals surface area contributed by atoms with Gasteiger partial charge in [0.1, 0.15) is 31.0 Å². The van der Waals surface area contributed by atoms with E-state index in [0.717, 1.165) is 11.5 Å². The second-order valence-electron chi connectivity index (χ2n) is 6.64. The van der Waals surface area contributed by atoms with Crippen molar-refractivity contribution in [2.45, 2.75) is 6.54 Å². The maximum atomic E-state index is 13.7. The number of carbonyl (C=O) groups excluding carboxylic acids is 1. The Morgan fingerprint density at radius 2 is 2.06 bits per heavy atom. The maximum Gasteiger partial charge on any atom is 0.246 e. The van der Waals surface area contributed by atoms with Crippen molar-refractivity contribution in [3.05, 3.63) is 66.8 Å². The van der Waals surface area contributed by atoms with Crippen LogP contribution in [0.15, 0.2) is 55.1 Å². The Bertz CT molecular complexity index is 1270. The van der Waals surface area contributed by atoms with Crippen LogP contribution in [-0.4, -0.2) is 38.1 Å². The van der Waals surface area contributed by atoms with Crippen LogP contribution in [0.4, 0.5) is 26.0 Å². The van der Waals surface area contributed by atoms with Gasteiger partial charge in [0.2, 0.25) is 5.91 Å². The number of hydrogen-bond donors (Lipinski definition) is 2. The van der Waals surface area contributed by atoms with Crippen molar-refractivity contribution in [1.29, 1.82) is 0 Å². The minimum atomic E-state index is -1.12. The number of benzene rings is 2. The van der Waals surface area contributed by atoms with Crippen LogP contribution in [0.5, 0.6) is 5.75 Å². The average Bonchev–Trinajstić information content (AvgIpc) is 3.22. The number of ether oxygens (including phenoxy) is 1. The highest BCUT2D eigenvalue weighted by Crippen LogP contribution is 2.26. The minimum absolute atomic E-state index is 0.191. The molecule has 2 aromatic carbocycles. The van der Waals surface area contributed by atoms with Gasteiger partial charge < -0.3 is 15.4 Å². The van der Waals surface area contributed by atoms with Gasteiger partial charge in [-0.2, -0.15) is 5.10 Å². The summed E-state index contributed by atoms with van der Waals surface area (Å²) >= 11 is 5.65. The van der Waals surface area contributed by atoms with Crippen molar-refractivity contribution < 1.29 is 18.3 Å². The Kier molecular flexibility index (Phi) is 6.41. The van der Waals surface area contributed by atoms with E-state index in [1.54, 1.807) is 18.3 Å². The summed E-state index contributed by atoms with van der Waals surface area (Å²) in [5.74, 6) is -1.13. The number of rotatable bonds is 8. The molecule has 0 aliphatic carbocycles. The first-order valence-corrected chi connectivity index (χ1v) is 10.0. The number of hydrogen-bond acceptors (Lipinski definition) is 6. The molecule has 0 radical (unpaired) electrons. The Morgan fingerprint density at radius 1 is 1.19 bits per heavy atom. The predicted octanol–water partition coefficient (Wildman–Crippen LogP) is 4.10. The van der Waals surface area contributed by atoms with E-state index in [1.165, 1.54) is 29.3 Å². The fraction of sp³-hybridized carbons (Fsp3) is 0.143. The van der Waals surface area contributed by atoms with Gasteiger partial charge in [-0.1, -0.05) is 6.07 Å². The number of aromatic nitrogens is 4. The number of carbonyl (C=O) groups is 1. The fourth-order valence-electron chi connectivity index (χ4n) is 2.97. The van der Waals surface area contributed by atoms with Gasteiger partial charge in [-0.3, -0.25) is 9.48 Å². The van der Waals surface area contributed by atoms with Gasteiger partial charge in [0, 0.05) is 17.6 Å². The Morgan fingerprint density at radius 3 is 2.91 bits per heavy atom. The van der Waals surface area contributed by atoms with E-state index in [9.17, 15) is 13.6 Å². The standard InChI is InChI=1S/C21H17ClF2N6O2/c22-6-7-32-14-4-5-15-18(8-14)25-12-26-21(15)28-13-9-27-30(10-13)11-19(31)29-17-3-1-2-16(23)20(17)24/h1-5,8-10,12H,6-7,11H2,(H,29,31)(H,25,26,28). The van der Waals surface area contributed by atoms with E-state index in [0.29, 0.717) is 35.3 Å². The lowest BCUT2D eigenvalue weighted by atomic mass is 10.2. The summed E-state index contributed by atoms with van der Waals surface area (Å²) in [7, 11) is 0. The minimum Gasteiger partial charge on any atom is -0.492 e. The van der Waals surface area contributed by atoms with E-state index in [4.69, 9.17) is 16.3 Å². The number of nitrogens with zero attached hydrogens (tertiary/aromatic N) is 4. The van der Waals surface area contributed by atoms with Gasteiger partial charge in [0.25, 0.3) is 0 Å². The van der Waals surface area contributed by atoms with Crippen molar-refractivity contribution in [3.63, 3.8) is 0 Å². The molecule has 0 bridgehead atoms. The monoisotopic (exact) mass is 458 g/mol. The molecule has 0 saturated carbocycles. The molecule has 4 rings (SSSR count). The largest absolute Gasteiger partial charge is 0.492 e. The molecule has 2 N–H and O–H groups in total. The van der Waals surface area contributed by atoms with Crippen molar-refractivity contribution in [2.24, 2.45) is 0 Å². The Labute approximate surface area is 186 Å². The first kappa shape index (κ1) is 21.4. The SMILES string of the molecule is O=C(Cn1cc(Nc2ncnc3cc(OCCCl)ccc23)cn1)Nc1cccc(F)c1F. The molecular weight excluding hydrogens is 442 g/mol. The molecule has 32 heavy (non-hydrogen) atoms. The van der Waals surface area contributed by atoms with E-state index in [1.807, 2.05) is 6.07 Å². The third-order valence-electron chi connectivity index (χ3n) is 4.38. The quantitative estimate of drug-likeness (QED) is 0.386. The number of nitrogens with one attached hydrogen (secondary N) is 2. The van der Waals surface area contributed by atoms with Gasteiger partial charge in [-0.25, -0.2) is 18.7 Å². The molecule has 8 nitrogen and oxygen atoms in total. The summed E-state index contributed by atoms with van der Waals surface area (Å²) in [6.07, 6.45) is 4.52. The summed E-state index contributed by atoms with van der Waals surface area (Å²) in [6, 6.07) is 8.96. The van der Waals surface area contributed by atoms with Crippen LogP contribution in [0.3, 0.4) is 0 Å². The van der Waals surface area contributed by atoms with E-state index in [2.05, 4.69) is 25.7 Å². The van der Waals surface area contributed by atoms with Crippen LogP contribution >= 0.6 is 11.6 Å². The number of fused-ring (bicyclic) bond motifs is 1. The molecule has 0 saturated heterocycles. The molecular formula is C21H17ClF2N6O2. The molecule has 4 aromatic rings. The fourth-order valence-corrected chi connectivity index (χ4v) is 3.05. The van der Waals surface area contributed by atoms with Crippen molar-refractivity contribution in [2.75, 3.05) is 23.1 Å². The summed E-state index contributed by atoms with van der Waals surface area (Å²) in [5.41, 5.74) is 1.03. The molecule has 2 aromatic heterocycles. The van der Waals surface area contributed by atoms with Crippen LogP contribution in [0, 0.1) is 11.6 Å². The van der Waals surface area contributed by atoms with Crippen molar-refractivity contribution in [1.82, 2.24) is 19.7 Å². The Hall–Kier alpha value is -3.79. The maximum absolute atomic E-state index is 13.7. The molecule has 0 aliphatic rings. The second-order valence-corrected chi connectivity index (χ2v) is 7.02. The normalized spacial score (nSPS) is 10.8. The first-order valence-electron chi connectivity index (χ1n) is 9.50. The third kappa shape index (κ3) is 4.92. The number of amides is 1. The molecule has 2 heterocycles. The average molecular weight is 459 g/mol. The second kappa shape index (κ2) is 9.56. The van der Waals surface area contributed by atoms with Gasteiger partial charge >= 0.3 is 0 Å². The van der Waals surface area contributed by atoms with Gasteiger partial charge in [-0.05, 0) is 24.3 Å². The lowest BCUT2D eigenvalue weighted by Gasteiger charge is -2.09. The zero-order chi connectivity index (χ0) is 22.5. The van der Waals surface area contributed by atoms with Crippen LogP contribution in [0.1, 0.15) is 0 Å². The van der Waals surface area contributed by atoms with Crippen LogP contribution in [0.2, 0.25) is 0 Å². The summed E-state index contributed by atoms with van der Waals surface area (Å²) < 4.78 is 33.9. The molecule has 0 unspecified atom stereocenters. The van der Waals surface area contributed by atoms with Gasteiger partial charge in [0.15, 0.2) is 11.6 Å². The zero-order valence-corrected chi connectivity index (χ0v) is 17.3. The summed E-state index contributed by atoms with van der Waals surface area (Å²) in [5, 5.41) is 10.3. The number of alkyl halides is 1. The van der Waals surface area contributed by atoms with Gasteiger partial charge in [0.05, 0.1) is 29.0 Å². The first-order chi connectivity index (χ1) is 15.5. The van der Waals surface area contributed by atoms with E-state index in [-0.39, 0.29) is 12.2 Å². The smallest absolute Gasteiger partial charge is 0.246 e. The number of halogens is 3. The molecule has 0 fully saturated rings. The van der Waals surface area contributed by atoms with E-state index >= 15 is 0 Å². The van der Waals surface area contributed by atoms with Crippen LogP contribution in [0.25, 0.3) is 10.9 Å². The molecule has 0 atom stereocenters. The molecule has 0 spiro atoms. The highest BCUT2D eigenvalue weighted by atomic mass is 35.5. The summed E-state index contributed by atoms with van der Waals surface area (Å²) in [6.45, 7) is 0.200. The molecule has 0 aliphatic heterocycles. The lowest BCUT2D eigenvalue weighted by molar-refractivity contribution is -0.116. The predicted molar refractivity (Wildman–Crippen MR) is 116 cm³/mol.